The molecule has 0 aliphatic carbocycles. The van der Waals surface area contributed by atoms with Crippen LogP contribution in [0.1, 0.15) is 17.9 Å². The van der Waals surface area contributed by atoms with Crippen LogP contribution in [-0.2, 0) is 9.59 Å². The molecule has 2 aromatic rings. The number of piperidine rings is 1. The van der Waals surface area contributed by atoms with E-state index in [1.54, 1.807) is 0 Å². The second kappa shape index (κ2) is 9.59. The summed E-state index contributed by atoms with van der Waals surface area (Å²) in [6.07, 6.45) is 1.19. The van der Waals surface area contributed by atoms with Gasteiger partial charge in [-0.25, -0.2) is 9.59 Å². The summed E-state index contributed by atoms with van der Waals surface area (Å²) in [7, 11) is 2.17. The van der Waals surface area contributed by atoms with Crippen LogP contribution >= 0.6 is 0 Å². The highest BCUT2D eigenvalue weighted by atomic mass is 16.5. The van der Waals surface area contributed by atoms with Gasteiger partial charge in [-0.3, -0.25) is 0 Å². The van der Waals surface area contributed by atoms with Gasteiger partial charge in [-0.1, -0.05) is 42.5 Å². The quantitative estimate of drug-likeness (QED) is 0.559. The van der Waals surface area contributed by atoms with E-state index in [0.717, 1.165) is 25.3 Å². The first-order valence-corrected chi connectivity index (χ1v) is 8.59. The lowest BCUT2D eigenvalue weighted by molar-refractivity contribution is -0.159. The molecule has 2 aromatic carbocycles. The molecule has 2 atom stereocenters. The molecule has 0 saturated carbocycles. The summed E-state index contributed by atoms with van der Waals surface area (Å²) in [5.41, 5.74) is 8.06. The van der Waals surface area contributed by atoms with Crippen molar-refractivity contribution in [3.63, 3.8) is 0 Å². The summed E-state index contributed by atoms with van der Waals surface area (Å²) in [5, 5.41) is 14.8. The Labute approximate surface area is 158 Å². The van der Waals surface area contributed by atoms with Crippen molar-refractivity contribution in [2.75, 3.05) is 25.9 Å². The molecule has 1 aliphatic rings. The molecule has 3 rings (SSSR count). The Bertz CT molecular complexity index is 754. The summed E-state index contributed by atoms with van der Waals surface area (Å²) < 4.78 is 6.25. The third-order valence-corrected chi connectivity index (χ3v) is 4.36. The van der Waals surface area contributed by atoms with Gasteiger partial charge in [0.15, 0.2) is 0 Å². The highest BCUT2D eigenvalue weighted by Crippen LogP contribution is 2.32. The number of ether oxygens (including phenoxy) is 1. The average molecular weight is 372 g/mol. The van der Waals surface area contributed by atoms with Crippen LogP contribution in [0, 0.1) is 0 Å². The molecule has 1 heterocycles. The number of rotatable bonds is 3. The summed E-state index contributed by atoms with van der Waals surface area (Å²) in [5.74, 6) is -2.47. The number of aliphatic carboxylic acids is 2. The molecular formula is C20H24N2O5. The van der Waals surface area contributed by atoms with E-state index < -0.39 is 11.9 Å². The lowest BCUT2D eigenvalue weighted by atomic mass is 9.88. The molecular weight excluding hydrogens is 348 g/mol. The fourth-order valence-electron chi connectivity index (χ4n) is 3.01. The molecule has 0 aromatic heterocycles. The molecule has 0 amide bonds. The maximum Gasteiger partial charge on any atom is 0.414 e. The maximum absolute atomic E-state index is 9.10. The number of nitrogens with two attached hydrogens (primary N) is 1. The molecule has 27 heavy (non-hydrogen) atoms. The van der Waals surface area contributed by atoms with Crippen molar-refractivity contribution in [3.8, 4) is 5.75 Å². The molecule has 1 aliphatic heterocycles. The summed E-state index contributed by atoms with van der Waals surface area (Å²) in [6.45, 7) is 2.07. The minimum Gasteiger partial charge on any atom is -0.488 e. The molecule has 7 heteroatoms. The van der Waals surface area contributed by atoms with Gasteiger partial charge >= 0.3 is 11.9 Å². The topological polar surface area (TPSA) is 113 Å². The van der Waals surface area contributed by atoms with Gasteiger partial charge < -0.3 is 25.6 Å². The number of hydrogen-bond acceptors (Lipinski definition) is 5. The van der Waals surface area contributed by atoms with Crippen molar-refractivity contribution in [1.29, 1.82) is 0 Å². The summed E-state index contributed by atoms with van der Waals surface area (Å²) in [6, 6.07) is 18.4. The Morgan fingerprint density at radius 3 is 2.22 bits per heavy atom. The van der Waals surface area contributed by atoms with Gasteiger partial charge in [0.2, 0.25) is 0 Å². The highest BCUT2D eigenvalue weighted by molar-refractivity contribution is 6.27. The van der Waals surface area contributed by atoms with E-state index in [0.29, 0.717) is 11.6 Å². The smallest absolute Gasteiger partial charge is 0.414 e. The number of benzene rings is 2. The zero-order valence-corrected chi connectivity index (χ0v) is 15.1. The van der Waals surface area contributed by atoms with Crippen LogP contribution in [0.5, 0.6) is 5.75 Å². The monoisotopic (exact) mass is 372 g/mol. The van der Waals surface area contributed by atoms with Gasteiger partial charge in [-0.2, -0.15) is 0 Å². The Kier molecular flexibility index (Phi) is 7.19. The second-order valence-electron chi connectivity index (χ2n) is 6.37. The first-order chi connectivity index (χ1) is 12.9. The number of para-hydroxylation sites is 2. The van der Waals surface area contributed by atoms with Gasteiger partial charge in [0, 0.05) is 19.0 Å². The molecule has 4 N–H and O–H groups in total. The van der Waals surface area contributed by atoms with Gasteiger partial charge in [0.1, 0.15) is 11.9 Å². The van der Waals surface area contributed by atoms with E-state index in [1.165, 1.54) is 5.56 Å². The van der Waals surface area contributed by atoms with Crippen molar-refractivity contribution in [2.45, 2.75) is 18.4 Å². The maximum atomic E-state index is 9.10. The van der Waals surface area contributed by atoms with E-state index in [1.807, 2.05) is 24.3 Å². The molecule has 0 bridgehead atoms. The van der Waals surface area contributed by atoms with Crippen LogP contribution in [0.3, 0.4) is 0 Å². The lowest BCUT2D eigenvalue weighted by Gasteiger charge is -2.37. The van der Waals surface area contributed by atoms with Crippen molar-refractivity contribution >= 4 is 17.6 Å². The lowest BCUT2D eigenvalue weighted by Crippen LogP contribution is -2.42. The number of nitrogen functional groups attached to an aromatic ring is 1. The fraction of sp³-hybridized carbons (Fsp3) is 0.300. The van der Waals surface area contributed by atoms with E-state index >= 15 is 0 Å². The number of carboxylic acid groups (broad SMARTS) is 2. The molecule has 1 fully saturated rings. The van der Waals surface area contributed by atoms with Crippen LogP contribution in [-0.4, -0.2) is 53.3 Å². The molecule has 0 radical (unpaired) electrons. The average Bonchev–Trinajstić information content (AvgIpc) is 2.66. The SMILES string of the molecule is CN1CCC(Oc2ccccc2N)C(c2ccccc2)C1.O=C(O)C(=O)O. The van der Waals surface area contributed by atoms with Gasteiger partial charge in [-0.15, -0.1) is 0 Å². The Morgan fingerprint density at radius 2 is 1.63 bits per heavy atom. The third kappa shape index (κ3) is 6.00. The highest BCUT2D eigenvalue weighted by Gasteiger charge is 2.30. The first-order valence-electron chi connectivity index (χ1n) is 8.59. The predicted molar refractivity (Wildman–Crippen MR) is 102 cm³/mol. The van der Waals surface area contributed by atoms with Crippen LogP contribution in [0.4, 0.5) is 5.69 Å². The van der Waals surface area contributed by atoms with Crippen LogP contribution in [0.25, 0.3) is 0 Å². The fourth-order valence-corrected chi connectivity index (χ4v) is 3.01. The zero-order chi connectivity index (χ0) is 19.8. The number of likely N-dealkylation sites (tertiary alicyclic amines) is 1. The Hall–Kier alpha value is -3.06. The standard InChI is InChI=1S/C18H22N2O.C2H2O4/c1-20-12-11-17(21-18-10-6-5-9-16(18)19)15(13-20)14-7-3-2-4-8-14;3-1(4)2(5)6/h2-10,15,17H,11-13,19H2,1H3;(H,3,4)(H,5,6). The van der Waals surface area contributed by atoms with Crippen LogP contribution < -0.4 is 10.5 Å². The number of nitrogens with zero attached hydrogens (tertiary/aromatic N) is 1. The van der Waals surface area contributed by atoms with Gasteiger partial charge in [0.25, 0.3) is 0 Å². The molecule has 0 spiro atoms. The Balaban J connectivity index is 0.000000380. The third-order valence-electron chi connectivity index (χ3n) is 4.36. The number of likely N-dealkylation sites (N-methyl/N-ethyl adjacent to an activating group) is 1. The molecule has 2 unspecified atom stereocenters. The molecule has 1 saturated heterocycles. The van der Waals surface area contributed by atoms with Crippen molar-refractivity contribution in [3.05, 3.63) is 60.2 Å². The second-order valence-corrected chi connectivity index (χ2v) is 6.37. The van der Waals surface area contributed by atoms with Crippen molar-refractivity contribution in [1.82, 2.24) is 4.90 Å². The predicted octanol–water partition coefficient (Wildman–Crippen LogP) is 2.29. The van der Waals surface area contributed by atoms with Crippen molar-refractivity contribution < 1.29 is 24.5 Å². The largest absolute Gasteiger partial charge is 0.488 e. The van der Waals surface area contributed by atoms with Crippen LogP contribution in [0.15, 0.2) is 54.6 Å². The number of carbonyl (C=O) groups is 2. The Morgan fingerprint density at radius 1 is 1.04 bits per heavy atom. The molecule has 144 valence electrons. The number of hydrogen-bond donors (Lipinski definition) is 3. The van der Waals surface area contributed by atoms with Crippen LogP contribution in [0.2, 0.25) is 0 Å². The van der Waals surface area contributed by atoms with E-state index in [4.69, 9.17) is 30.3 Å². The van der Waals surface area contributed by atoms with Crippen molar-refractivity contribution in [2.24, 2.45) is 0 Å². The number of anilines is 1. The normalized spacial score (nSPS) is 19.4. The number of carboxylic acids is 2. The van der Waals surface area contributed by atoms with E-state index in [2.05, 4.69) is 42.3 Å². The zero-order valence-electron chi connectivity index (χ0n) is 15.1. The van der Waals surface area contributed by atoms with E-state index in [-0.39, 0.29) is 6.10 Å². The van der Waals surface area contributed by atoms with E-state index in [9.17, 15) is 0 Å². The summed E-state index contributed by atoms with van der Waals surface area (Å²) >= 11 is 0. The minimum atomic E-state index is -1.82. The first kappa shape index (κ1) is 20.3. The van der Waals surface area contributed by atoms with Gasteiger partial charge in [-0.05, 0) is 31.2 Å². The minimum absolute atomic E-state index is 0.174. The van der Waals surface area contributed by atoms with Gasteiger partial charge in [0.05, 0.1) is 5.69 Å². The molecule has 7 nitrogen and oxygen atoms in total. The summed E-state index contributed by atoms with van der Waals surface area (Å²) in [4.78, 5) is 20.6.